The van der Waals surface area contributed by atoms with Gasteiger partial charge in [0.2, 0.25) is 0 Å². The smallest absolute Gasteiger partial charge is 0.0950 e. The summed E-state index contributed by atoms with van der Waals surface area (Å²) in [5.41, 5.74) is 3.45. The predicted octanol–water partition coefficient (Wildman–Crippen LogP) is 3.14. The first-order valence-electron chi connectivity index (χ1n) is 5.45. The number of hydrogen-bond acceptors (Lipinski definition) is 2. The molecule has 0 amide bonds. The zero-order valence-corrected chi connectivity index (χ0v) is 11.0. The van der Waals surface area contributed by atoms with Gasteiger partial charge in [0.15, 0.2) is 0 Å². The van der Waals surface area contributed by atoms with Crippen LogP contribution in [0.25, 0.3) is 5.57 Å². The molecule has 86 valence electrons. The summed E-state index contributed by atoms with van der Waals surface area (Å²) >= 11 is 3.53. The van der Waals surface area contributed by atoms with Crippen molar-refractivity contribution in [2.24, 2.45) is 0 Å². The molecular formula is C13H16BrNO. The molecule has 1 N–H and O–H groups in total. The van der Waals surface area contributed by atoms with Crippen LogP contribution >= 0.6 is 15.9 Å². The van der Waals surface area contributed by atoms with Crippen molar-refractivity contribution in [2.75, 3.05) is 19.7 Å². The van der Waals surface area contributed by atoms with Gasteiger partial charge in [0.05, 0.1) is 12.7 Å². The van der Waals surface area contributed by atoms with E-state index in [1.165, 1.54) is 11.1 Å². The van der Waals surface area contributed by atoms with Crippen LogP contribution in [0.4, 0.5) is 0 Å². The zero-order valence-electron chi connectivity index (χ0n) is 9.42. The van der Waals surface area contributed by atoms with Crippen molar-refractivity contribution in [3.8, 4) is 0 Å². The fourth-order valence-corrected chi connectivity index (χ4v) is 2.34. The van der Waals surface area contributed by atoms with E-state index >= 15 is 0 Å². The van der Waals surface area contributed by atoms with Gasteiger partial charge in [0.25, 0.3) is 0 Å². The van der Waals surface area contributed by atoms with E-state index in [4.69, 9.17) is 4.74 Å². The molecule has 1 heterocycles. The molecule has 2 rings (SSSR count). The summed E-state index contributed by atoms with van der Waals surface area (Å²) in [6, 6.07) is 6.36. The number of allylic oxidation sites excluding steroid dienone is 1. The average Bonchev–Trinajstić information content (AvgIpc) is 2.29. The number of morpholine rings is 1. The van der Waals surface area contributed by atoms with Gasteiger partial charge < -0.3 is 10.1 Å². The average molecular weight is 282 g/mol. The largest absolute Gasteiger partial charge is 0.371 e. The Bertz CT molecular complexity index is 397. The highest BCUT2D eigenvalue weighted by Crippen LogP contribution is 2.26. The second-order valence-electron chi connectivity index (χ2n) is 4.12. The fourth-order valence-electron chi connectivity index (χ4n) is 1.82. The van der Waals surface area contributed by atoms with E-state index in [1.807, 2.05) is 6.92 Å². The first-order valence-corrected chi connectivity index (χ1v) is 6.25. The molecule has 1 aromatic rings. The number of ether oxygens (including phenoxy) is 1. The molecule has 1 aliphatic rings. The molecule has 0 aromatic heterocycles. The summed E-state index contributed by atoms with van der Waals surface area (Å²) in [5.74, 6) is 0. The van der Waals surface area contributed by atoms with Crippen LogP contribution < -0.4 is 5.32 Å². The number of rotatable bonds is 2. The van der Waals surface area contributed by atoms with Crippen LogP contribution in [0.2, 0.25) is 0 Å². The molecule has 1 atom stereocenters. The highest BCUT2D eigenvalue weighted by Gasteiger charge is 2.16. The molecule has 3 heteroatoms. The molecule has 1 aliphatic heterocycles. The van der Waals surface area contributed by atoms with Crippen LogP contribution in [-0.4, -0.2) is 19.7 Å². The van der Waals surface area contributed by atoms with Crippen LogP contribution in [0.1, 0.15) is 24.2 Å². The first-order chi connectivity index (χ1) is 7.66. The number of nitrogens with one attached hydrogen (secondary N) is 1. The standard InChI is InChI=1S/C13H16BrNO/c1-9(2)10-5-11(7-12(14)6-10)13-8-15-3-4-16-13/h5-7,13,15H,1,3-4,8H2,2H3. The molecule has 0 aliphatic carbocycles. The molecule has 0 bridgehead atoms. The quantitative estimate of drug-likeness (QED) is 0.899. The highest BCUT2D eigenvalue weighted by molar-refractivity contribution is 9.10. The van der Waals surface area contributed by atoms with Gasteiger partial charge in [0.1, 0.15) is 0 Å². The number of benzene rings is 1. The third kappa shape index (κ3) is 2.73. The number of hydrogen-bond donors (Lipinski definition) is 1. The molecule has 1 fully saturated rings. The molecule has 0 saturated carbocycles. The third-order valence-corrected chi connectivity index (χ3v) is 3.17. The molecule has 2 nitrogen and oxygen atoms in total. The van der Waals surface area contributed by atoms with Gasteiger partial charge in [-0.15, -0.1) is 0 Å². The number of halogens is 1. The fraction of sp³-hybridized carbons (Fsp3) is 0.385. The Labute approximate surface area is 105 Å². The minimum absolute atomic E-state index is 0.157. The predicted molar refractivity (Wildman–Crippen MR) is 70.4 cm³/mol. The molecule has 0 radical (unpaired) electrons. The van der Waals surface area contributed by atoms with E-state index in [1.54, 1.807) is 0 Å². The van der Waals surface area contributed by atoms with E-state index in [-0.39, 0.29) is 6.10 Å². The Morgan fingerprint density at radius 1 is 1.50 bits per heavy atom. The van der Waals surface area contributed by atoms with Gasteiger partial charge in [-0.3, -0.25) is 0 Å². The Balaban J connectivity index is 2.28. The molecule has 0 spiro atoms. The SMILES string of the molecule is C=C(C)c1cc(Br)cc(C2CNCCO2)c1. The van der Waals surface area contributed by atoms with Crippen LogP contribution in [0.3, 0.4) is 0 Å². The second-order valence-corrected chi connectivity index (χ2v) is 5.03. The van der Waals surface area contributed by atoms with E-state index in [2.05, 4.69) is 46.0 Å². The van der Waals surface area contributed by atoms with Crippen molar-refractivity contribution in [3.63, 3.8) is 0 Å². The Kier molecular flexibility index (Phi) is 3.79. The minimum Gasteiger partial charge on any atom is -0.371 e. The normalized spacial score (nSPS) is 20.8. The van der Waals surface area contributed by atoms with Gasteiger partial charge in [-0.05, 0) is 36.2 Å². The van der Waals surface area contributed by atoms with Crippen LogP contribution in [0.15, 0.2) is 29.3 Å². The van der Waals surface area contributed by atoms with E-state index < -0.39 is 0 Å². The van der Waals surface area contributed by atoms with E-state index in [0.717, 1.165) is 29.7 Å². The van der Waals surface area contributed by atoms with Crippen molar-refractivity contribution < 1.29 is 4.74 Å². The monoisotopic (exact) mass is 281 g/mol. The van der Waals surface area contributed by atoms with Gasteiger partial charge >= 0.3 is 0 Å². The zero-order chi connectivity index (χ0) is 11.5. The van der Waals surface area contributed by atoms with Crippen molar-refractivity contribution in [2.45, 2.75) is 13.0 Å². The van der Waals surface area contributed by atoms with Crippen LogP contribution in [0, 0.1) is 0 Å². The minimum atomic E-state index is 0.157. The van der Waals surface area contributed by atoms with Gasteiger partial charge in [-0.25, -0.2) is 0 Å². The lowest BCUT2D eigenvalue weighted by Gasteiger charge is -2.24. The van der Waals surface area contributed by atoms with Crippen LogP contribution in [0.5, 0.6) is 0 Å². The lowest BCUT2D eigenvalue weighted by molar-refractivity contribution is 0.0276. The Morgan fingerprint density at radius 3 is 2.94 bits per heavy atom. The van der Waals surface area contributed by atoms with Crippen LogP contribution in [-0.2, 0) is 4.74 Å². The van der Waals surface area contributed by atoms with Crippen molar-refractivity contribution in [1.82, 2.24) is 5.32 Å². The summed E-state index contributed by atoms with van der Waals surface area (Å²) < 4.78 is 6.82. The Hall–Kier alpha value is -0.640. The van der Waals surface area contributed by atoms with Crippen molar-refractivity contribution in [1.29, 1.82) is 0 Å². The van der Waals surface area contributed by atoms with E-state index in [9.17, 15) is 0 Å². The van der Waals surface area contributed by atoms with Gasteiger partial charge in [-0.2, -0.15) is 0 Å². The lowest BCUT2D eigenvalue weighted by Crippen LogP contribution is -2.33. The molecule has 1 aromatic carbocycles. The summed E-state index contributed by atoms with van der Waals surface area (Å²) in [7, 11) is 0. The maximum atomic E-state index is 5.74. The van der Waals surface area contributed by atoms with Crippen molar-refractivity contribution in [3.05, 3.63) is 40.4 Å². The van der Waals surface area contributed by atoms with Gasteiger partial charge in [0, 0.05) is 17.6 Å². The molecule has 1 saturated heterocycles. The second kappa shape index (κ2) is 5.13. The molecular weight excluding hydrogens is 266 g/mol. The third-order valence-electron chi connectivity index (χ3n) is 2.71. The van der Waals surface area contributed by atoms with Gasteiger partial charge in [-0.1, -0.05) is 28.1 Å². The summed E-state index contributed by atoms with van der Waals surface area (Å²) in [6.07, 6.45) is 0.157. The lowest BCUT2D eigenvalue weighted by atomic mass is 10.0. The summed E-state index contributed by atoms with van der Waals surface area (Å²) in [4.78, 5) is 0. The summed E-state index contributed by atoms with van der Waals surface area (Å²) in [6.45, 7) is 8.60. The summed E-state index contributed by atoms with van der Waals surface area (Å²) in [5, 5.41) is 3.34. The first kappa shape index (κ1) is 11.8. The topological polar surface area (TPSA) is 21.3 Å². The highest BCUT2D eigenvalue weighted by atomic mass is 79.9. The molecule has 1 unspecified atom stereocenters. The maximum Gasteiger partial charge on any atom is 0.0950 e. The van der Waals surface area contributed by atoms with Crippen molar-refractivity contribution >= 4 is 21.5 Å². The van der Waals surface area contributed by atoms with E-state index in [0.29, 0.717) is 0 Å². The molecule has 16 heavy (non-hydrogen) atoms. The maximum absolute atomic E-state index is 5.74. The Morgan fingerprint density at radius 2 is 2.31 bits per heavy atom.